The van der Waals surface area contributed by atoms with Crippen molar-refractivity contribution in [2.24, 2.45) is 0 Å². The number of esters is 1. The van der Waals surface area contributed by atoms with Crippen molar-refractivity contribution >= 4 is 23.5 Å². The highest BCUT2D eigenvalue weighted by molar-refractivity contribution is 6.39. The standard InChI is InChI=1S/C21H22N4O5/c1-13-11-14(2)25(24-13)17(18-5-4-10-30-18)12-22-19(26)20(27)23-16-8-6-15(7-9-16)21(28)29-3/h4-11,17H,12H2,1-3H3,(H,22,26)(H,23,27)/t17-/m0/s1. The number of ether oxygens (including phenoxy) is 1. The lowest BCUT2D eigenvalue weighted by Gasteiger charge is -2.18. The van der Waals surface area contributed by atoms with Gasteiger partial charge in [0, 0.05) is 17.9 Å². The van der Waals surface area contributed by atoms with Gasteiger partial charge in [-0.3, -0.25) is 14.3 Å². The lowest BCUT2D eigenvalue weighted by atomic mass is 10.2. The minimum absolute atomic E-state index is 0.114. The smallest absolute Gasteiger partial charge is 0.337 e. The highest BCUT2D eigenvalue weighted by atomic mass is 16.5. The van der Waals surface area contributed by atoms with E-state index in [-0.39, 0.29) is 6.54 Å². The van der Waals surface area contributed by atoms with E-state index in [1.54, 1.807) is 23.1 Å². The zero-order valence-electron chi connectivity index (χ0n) is 16.8. The van der Waals surface area contributed by atoms with Crippen LogP contribution in [0.4, 0.5) is 5.69 Å². The molecule has 0 fully saturated rings. The quantitative estimate of drug-likeness (QED) is 0.476. The van der Waals surface area contributed by atoms with E-state index in [2.05, 4.69) is 20.5 Å². The summed E-state index contributed by atoms with van der Waals surface area (Å²) >= 11 is 0. The van der Waals surface area contributed by atoms with Crippen LogP contribution >= 0.6 is 0 Å². The first kappa shape index (κ1) is 20.8. The van der Waals surface area contributed by atoms with Crippen LogP contribution in [0.3, 0.4) is 0 Å². The van der Waals surface area contributed by atoms with Crippen LogP contribution in [0.5, 0.6) is 0 Å². The number of nitrogens with zero attached hydrogens (tertiary/aromatic N) is 2. The van der Waals surface area contributed by atoms with Gasteiger partial charge in [-0.05, 0) is 56.3 Å². The monoisotopic (exact) mass is 410 g/mol. The van der Waals surface area contributed by atoms with Gasteiger partial charge in [0.15, 0.2) is 0 Å². The minimum atomic E-state index is -0.826. The molecule has 3 rings (SSSR count). The number of benzene rings is 1. The Hall–Kier alpha value is -3.88. The number of anilines is 1. The maximum absolute atomic E-state index is 12.3. The Balaban J connectivity index is 1.64. The van der Waals surface area contributed by atoms with E-state index in [4.69, 9.17) is 4.42 Å². The average molecular weight is 410 g/mol. The first-order valence-corrected chi connectivity index (χ1v) is 9.22. The summed E-state index contributed by atoms with van der Waals surface area (Å²) in [6.45, 7) is 3.89. The molecule has 0 aliphatic carbocycles. The maximum atomic E-state index is 12.3. The molecule has 0 spiro atoms. The van der Waals surface area contributed by atoms with Crippen molar-refractivity contribution in [2.75, 3.05) is 19.0 Å². The van der Waals surface area contributed by atoms with Crippen LogP contribution in [-0.4, -0.2) is 41.2 Å². The van der Waals surface area contributed by atoms with Crippen LogP contribution in [0.25, 0.3) is 0 Å². The van der Waals surface area contributed by atoms with Crippen LogP contribution in [0, 0.1) is 13.8 Å². The number of hydrogen-bond donors (Lipinski definition) is 2. The number of aryl methyl sites for hydroxylation is 2. The molecule has 0 aliphatic rings. The van der Waals surface area contributed by atoms with E-state index in [1.807, 2.05) is 19.9 Å². The van der Waals surface area contributed by atoms with Crippen molar-refractivity contribution in [1.82, 2.24) is 15.1 Å². The van der Waals surface area contributed by atoms with Crippen LogP contribution in [0.15, 0.2) is 53.1 Å². The second kappa shape index (κ2) is 9.08. The molecule has 1 atom stereocenters. The van der Waals surface area contributed by atoms with Gasteiger partial charge in [0.2, 0.25) is 0 Å². The summed E-state index contributed by atoms with van der Waals surface area (Å²) in [6, 6.07) is 11.1. The molecule has 9 heteroatoms. The highest BCUT2D eigenvalue weighted by Crippen LogP contribution is 2.20. The predicted molar refractivity (Wildman–Crippen MR) is 108 cm³/mol. The third-order valence-electron chi connectivity index (χ3n) is 4.44. The third-order valence-corrected chi connectivity index (χ3v) is 4.44. The summed E-state index contributed by atoms with van der Waals surface area (Å²) in [6.07, 6.45) is 1.54. The summed E-state index contributed by atoms with van der Waals surface area (Å²) in [4.78, 5) is 36.0. The molecule has 2 aromatic heterocycles. The molecule has 2 amide bonds. The molecular weight excluding hydrogens is 388 g/mol. The van der Waals surface area contributed by atoms with Gasteiger partial charge in [-0.25, -0.2) is 4.79 Å². The zero-order chi connectivity index (χ0) is 21.7. The second-order valence-electron chi connectivity index (χ2n) is 6.64. The lowest BCUT2D eigenvalue weighted by molar-refractivity contribution is -0.136. The number of furan rings is 1. The number of hydrogen-bond acceptors (Lipinski definition) is 6. The minimum Gasteiger partial charge on any atom is -0.467 e. The third kappa shape index (κ3) is 4.75. The largest absolute Gasteiger partial charge is 0.467 e. The summed E-state index contributed by atoms with van der Waals surface area (Å²) in [5.74, 6) is -1.50. The number of aromatic nitrogens is 2. The molecule has 156 valence electrons. The molecule has 3 aromatic rings. The van der Waals surface area contributed by atoms with Gasteiger partial charge in [0.1, 0.15) is 11.8 Å². The molecule has 2 heterocycles. The molecule has 0 aliphatic heterocycles. The first-order valence-electron chi connectivity index (χ1n) is 9.22. The Morgan fingerprint density at radius 3 is 2.43 bits per heavy atom. The van der Waals surface area contributed by atoms with Crippen LogP contribution in [0.1, 0.15) is 33.5 Å². The van der Waals surface area contributed by atoms with E-state index in [0.29, 0.717) is 17.0 Å². The SMILES string of the molecule is COC(=O)c1ccc(NC(=O)C(=O)NC[C@@H](c2ccco2)n2nc(C)cc2C)cc1. The topological polar surface area (TPSA) is 115 Å². The van der Waals surface area contributed by atoms with Gasteiger partial charge in [0.05, 0.1) is 24.6 Å². The number of nitrogens with one attached hydrogen (secondary N) is 2. The van der Waals surface area contributed by atoms with Crippen molar-refractivity contribution in [3.8, 4) is 0 Å². The Labute approximate surface area is 173 Å². The number of rotatable bonds is 6. The Morgan fingerprint density at radius 2 is 1.87 bits per heavy atom. The van der Waals surface area contributed by atoms with Crippen molar-refractivity contribution in [1.29, 1.82) is 0 Å². The predicted octanol–water partition coefficient (Wildman–Crippen LogP) is 2.22. The van der Waals surface area contributed by atoms with E-state index < -0.39 is 23.8 Å². The van der Waals surface area contributed by atoms with Gasteiger partial charge in [0.25, 0.3) is 0 Å². The zero-order valence-corrected chi connectivity index (χ0v) is 16.8. The number of amides is 2. The van der Waals surface area contributed by atoms with E-state index in [1.165, 1.54) is 31.4 Å². The van der Waals surface area contributed by atoms with Crippen LogP contribution in [0.2, 0.25) is 0 Å². The first-order chi connectivity index (χ1) is 14.4. The fourth-order valence-electron chi connectivity index (χ4n) is 3.02. The van der Waals surface area contributed by atoms with Gasteiger partial charge in [-0.1, -0.05) is 0 Å². The van der Waals surface area contributed by atoms with Crippen molar-refractivity contribution in [3.05, 3.63) is 71.4 Å². The molecule has 0 bridgehead atoms. The fourth-order valence-corrected chi connectivity index (χ4v) is 3.02. The van der Waals surface area contributed by atoms with Crippen molar-refractivity contribution in [2.45, 2.75) is 19.9 Å². The lowest BCUT2D eigenvalue weighted by Crippen LogP contribution is -2.39. The van der Waals surface area contributed by atoms with Crippen LogP contribution in [-0.2, 0) is 14.3 Å². The summed E-state index contributed by atoms with van der Waals surface area (Å²) in [5, 5.41) is 9.56. The molecule has 0 saturated carbocycles. The molecular formula is C21H22N4O5. The molecule has 0 saturated heterocycles. The van der Waals surface area contributed by atoms with Gasteiger partial charge < -0.3 is 19.8 Å². The van der Waals surface area contributed by atoms with E-state index in [9.17, 15) is 14.4 Å². The van der Waals surface area contributed by atoms with Gasteiger partial charge in [-0.15, -0.1) is 0 Å². The molecule has 30 heavy (non-hydrogen) atoms. The van der Waals surface area contributed by atoms with Crippen molar-refractivity contribution < 1.29 is 23.5 Å². The maximum Gasteiger partial charge on any atom is 0.337 e. The molecule has 0 radical (unpaired) electrons. The van der Waals surface area contributed by atoms with Gasteiger partial charge >= 0.3 is 17.8 Å². The molecule has 2 N–H and O–H groups in total. The molecule has 0 unspecified atom stereocenters. The number of carbonyl (C=O) groups excluding carboxylic acids is 3. The Morgan fingerprint density at radius 1 is 1.13 bits per heavy atom. The molecule has 1 aromatic carbocycles. The molecule has 9 nitrogen and oxygen atoms in total. The summed E-state index contributed by atoms with van der Waals surface area (Å²) in [5.41, 5.74) is 2.46. The van der Waals surface area contributed by atoms with Crippen molar-refractivity contribution in [3.63, 3.8) is 0 Å². The van der Waals surface area contributed by atoms with E-state index in [0.717, 1.165) is 11.4 Å². The summed E-state index contributed by atoms with van der Waals surface area (Å²) < 4.78 is 11.9. The Bertz CT molecular complexity index is 1040. The number of methoxy groups -OCH3 is 1. The fraction of sp³-hybridized carbons (Fsp3) is 0.238. The normalized spacial score (nSPS) is 11.6. The van der Waals surface area contributed by atoms with Gasteiger partial charge in [-0.2, -0.15) is 5.10 Å². The van der Waals surface area contributed by atoms with E-state index >= 15 is 0 Å². The highest BCUT2D eigenvalue weighted by Gasteiger charge is 2.22. The van der Waals surface area contributed by atoms with Crippen LogP contribution < -0.4 is 10.6 Å². The number of carbonyl (C=O) groups is 3. The summed E-state index contributed by atoms with van der Waals surface area (Å²) in [7, 11) is 1.28. The average Bonchev–Trinajstić information content (AvgIpc) is 3.38. The Kier molecular flexibility index (Phi) is 6.31. The second-order valence-corrected chi connectivity index (χ2v) is 6.64.